The second-order valence-electron chi connectivity index (χ2n) is 5.85. The maximum Gasteiger partial charge on any atom is 0.271 e. The number of quaternary nitrogens is 1. The predicted octanol–water partition coefficient (Wildman–Crippen LogP) is 2.64. The van der Waals surface area contributed by atoms with E-state index >= 15 is 0 Å². The van der Waals surface area contributed by atoms with Crippen molar-refractivity contribution in [3.05, 3.63) is 70.0 Å². The second kappa shape index (κ2) is 6.26. The second-order valence-corrected chi connectivity index (χ2v) is 6.71. The molecule has 1 N–H and O–H groups in total. The molecule has 4 rings (SSSR count). The van der Waals surface area contributed by atoms with Gasteiger partial charge in [0.2, 0.25) is 5.89 Å². The van der Waals surface area contributed by atoms with Crippen molar-refractivity contribution in [3.8, 4) is 11.5 Å². The normalized spacial score (nSPS) is 17.0. The van der Waals surface area contributed by atoms with Crippen LogP contribution < -0.4 is 4.90 Å². The fourth-order valence-corrected chi connectivity index (χ4v) is 3.53. The lowest BCUT2D eigenvalue weighted by atomic mass is 10.00. The Morgan fingerprint density at radius 1 is 1.00 bits per heavy atom. The number of nitrogens with zero attached hydrogens (tertiary/aromatic N) is 2. The molecule has 2 heterocycles. The molecule has 1 aliphatic heterocycles. The highest BCUT2D eigenvalue weighted by Crippen LogP contribution is 2.26. The van der Waals surface area contributed by atoms with Crippen LogP contribution in [-0.2, 0) is 19.5 Å². The van der Waals surface area contributed by atoms with E-state index in [1.54, 1.807) is 0 Å². The molecule has 1 aromatic heterocycles. The van der Waals surface area contributed by atoms with E-state index in [1.165, 1.54) is 16.0 Å². The molecule has 1 aliphatic rings. The Hall–Kier alpha value is -1.98. The maximum absolute atomic E-state index is 5.87. The maximum atomic E-state index is 5.87. The Kier molecular flexibility index (Phi) is 3.97. The Morgan fingerprint density at radius 3 is 2.65 bits per heavy atom. The summed E-state index contributed by atoms with van der Waals surface area (Å²) in [6.07, 6.45) is 1.11. The Balaban J connectivity index is 1.50. The van der Waals surface area contributed by atoms with E-state index in [1.807, 2.05) is 24.3 Å². The van der Waals surface area contributed by atoms with E-state index in [-0.39, 0.29) is 0 Å². The van der Waals surface area contributed by atoms with Gasteiger partial charge in [0, 0.05) is 16.5 Å². The van der Waals surface area contributed by atoms with Crippen LogP contribution in [0.1, 0.15) is 17.0 Å². The van der Waals surface area contributed by atoms with Crippen LogP contribution >= 0.6 is 15.9 Å². The highest BCUT2D eigenvalue weighted by atomic mass is 79.9. The minimum absolute atomic E-state index is 0.573. The highest BCUT2D eigenvalue weighted by molar-refractivity contribution is 9.10. The van der Waals surface area contributed by atoms with Gasteiger partial charge in [0.05, 0.1) is 12.1 Å². The fourth-order valence-electron chi connectivity index (χ4n) is 3.08. The van der Waals surface area contributed by atoms with Crippen LogP contribution in [0.2, 0.25) is 0 Å². The van der Waals surface area contributed by atoms with Gasteiger partial charge >= 0.3 is 0 Å². The SMILES string of the molecule is Brc1ccccc1-c1nnc(C[NH+]2CCc3ccccc3C2)o1. The van der Waals surface area contributed by atoms with Crippen LogP contribution in [-0.4, -0.2) is 16.7 Å². The van der Waals surface area contributed by atoms with Crippen LogP contribution in [0.15, 0.2) is 57.4 Å². The van der Waals surface area contributed by atoms with E-state index in [2.05, 4.69) is 50.4 Å². The molecule has 0 saturated heterocycles. The highest BCUT2D eigenvalue weighted by Gasteiger charge is 2.22. The van der Waals surface area contributed by atoms with Crippen molar-refractivity contribution in [2.24, 2.45) is 0 Å². The topological polar surface area (TPSA) is 43.4 Å². The van der Waals surface area contributed by atoms with Gasteiger partial charge in [-0.15, -0.1) is 10.2 Å². The summed E-state index contributed by atoms with van der Waals surface area (Å²) in [7, 11) is 0. The molecule has 3 aromatic rings. The van der Waals surface area contributed by atoms with E-state index in [0.717, 1.165) is 36.1 Å². The van der Waals surface area contributed by atoms with Gasteiger partial charge < -0.3 is 9.32 Å². The molecule has 116 valence electrons. The Bertz CT molecular complexity index is 830. The van der Waals surface area contributed by atoms with Crippen LogP contribution in [0, 0.1) is 0 Å². The number of nitrogens with one attached hydrogen (secondary N) is 1. The van der Waals surface area contributed by atoms with Crippen molar-refractivity contribution in [3.63, 3.8) is 0 Å². The van der Waals surface area contributed by atoms with Gasteiger partial charge in [-0.05, 0) is 33.6 Å². The first-order chi connectivity index (χ1) is 11.3. The third-order valence-electron chi connectivity index (χ3n) is 4.28. The van der Waals surface area contributed by atoms with Crippen molar-refractivity contribution >= 4 is 15.9 Å². The summed E-state index contributed by atoms with van der Waals surface area (Å²) in [6, 6.07) is 16.6. The molecule has 0 spiro atoms. The lowest BCUT2D eigenvalue weighted by Crippen LogP contribution is -3.10. The number of halogens is 1. The van der Waals surface area contributed by atoms with Gasteiger partial charge in [-0.3, -0.25) is 0 Å². The molecule has 0 aliphatic carbocycles. The molecule has 0 saturated carbocycles. The van der Waals surface area contributed by atoms with E-state index in [9.17, 15) is 0 Å². The van der Waals surface area contributed by atoms with Crippen molar-refractivity contribution < 1.29 is 9.32 Å². The minimum Gasteiger partial charge on any atom is -0.415 e. The summed E-state index contributed by atoms with van der Waals surface area (Å²) in [4.78, 5) is 1.46. The standard InChI is InChI=1S/C18H16BrN3O/c19-16-8-4-3-7-15(16)18-21-20-17(23-18)12-22-10-9-13-5-1-2-6-14(13)11-22/h1-8H,9-12H2/p+1. The zero-order chi connectivity index (χ0) is 15.6. The lowest BCUT2D eigenvalue weighted by Gasteiger charge is -2.24. The molecule has 23 heavy (non-hydrogen) atoms. The van der Waals surface area contributed by atoms with Gasteiger partial charge in [0.15, 0.2) is 6.54 Å². The molecule has 0 radical (unpaired) electrons. The summed E-state index contributed by atoms with van der Waals surface area (Å²) in [5, 5.41) is 8.42. The van der Waals surface area contributed by atoms with E-state index in [0.29, 0.717) is 11.8 Å². The smallest absolute Gasteiger partial charge is 0.271 e. The van der Waals surface area contributed by atoms with Gasteiger partial charge in [-0.2, -0.15) is 0 Å². The van der Waals surface area contributed by atoms with Gasteiger partial charge in [0.1, 0.15) is 6.54 Å². The van der Waals surface area contributed by atoms with Crippen molar-refractivity contribution in [1.82, 2.24) is 10.2 Å². The third kappa shape index (κ3) is 3.07. The van der Waals surface area contributed by atoms with Crippen molar-refractivity contribution in [2.75, 3.05) is 6.54 Å². The summed E-state index contributed by atoms with van der Waals surface area (Å²) >= 11 is 3.53. The van der Waals surface area contributed by atoms with Gasteiger partial charge in [-0.25, -0.2) is 0 Å². The number of hydrogen-bond acceptors (Lipinski definition) is 3. The molecule has 4 nitrogen and oxygen atoms in total. The molecule has 0 bridgehead atoms. The molecule has 1 unspecified atom stereocenters. The Morgan fingerprint density at radius 2 is 1.78 bits per heavy atom. The summed E-state index contributed by atoms with van der Waals surface area (Å²) in [6.45, 7) is 2.89. The van der Waals surface area contributed by atoms with Crippen molar-refractivity contribution in [2.45, 2.75) is 19.5 Å². The molecule has 1 atom stereocenters. The number of fused-ring (bicyclic) bond motifs is 1. The monoisotopic (exact) mass is 370 g/mol. The van der Waals surface area contributed by atoms with Crippen LogP contribution in [0.5, 0.6) is 0 Å². The van der Waals surface area contributed by atoms with Gasteiger partial charge in [0.25, 0.3) is 5.89 Å². The predicted molar refractivity (Wildman–Crippen MR) is 90.8 cm³/mol. The summed E-state index contributed by atoms with van der Waals surface area (Å²) in [5.41, 5.74) is 3.83. The first-order valence-electron chi connectivity index (χ1n) is 7.77. The van der Waals surface area contributed by atoms with Crippen LogP contribution in [0.4, 0.5) is 0 Å². The quantitative estimate of drug-likeness (QED) is 0.770. The van der Waals surface area contributed by atoms with Crippen molar-refractivity contribution in [1.29, 1.82) is 0 Å². The number of benzene rings is 2. The average molecular weight is 371 g/mol. The van der Waals surface area contributed by atoms with E-state index < -0.39 is 0 Å². The first-order valence-corrected chi connectivity index (χ1v) is 8.56. The lowest BCUT2D eigenvalue weighted by molar-refractivity contribution is -0.930. The zero-order valence-corrected chi connectivity index (χ0v) is 14.2. The zero-order valence-electron chi connectivity index (χ0n) is 12.6. The Labute approximate surface area is 143 Å². The number of hydrogen-bond donors (Lipinski definition) is 1. The average Bonchev–Trinajstić information content (AvgIpc) is 3.03. The molecule has 0 amide bonds. The minimum atomic E-state index is 0.573. The van der Waals surface area contributed by atoms with Crippen LogP contribution in [0.25, 0.3) is 11.5 Å². The summed E-state index contributed by atoms with van der Waals surface area (Å²) < 4.78 is 6.84. The fraction of sp³-hybridized carbons (Fsp3) is 0.222. The molecule has 2 aromatic carbocycles. The molecular formula is C18H17BrN3O+. The molecule has 0 fully saturated rings. The summed E-state index contributed by atoms with van der Waals surface area (Å²) in [5.74, 6) is 1.27. The number of aromatic nitrogens is 2. The third-order valence-corrected chi connectivity index (χ3v) is 4.97. The van der Waals surface area contributed by atoms with E-state index in [4.69, 9.17) is 4.42 Å². The molecular weight excluding hydrogens is 354 g/mol. The largest absolute Gasteiger partial charge is 0.415 e. The van der Waals surface area contributed by atoms with Crippen LogP contribution in [0.3, 0.4) is 0 Å². The molecule has 5 heteroatoms. The van der Waals surface area contributed by atoms with Gasteiger partial charge in [-0.1, -0.05) is 36.4 Å². The number of rotatable bonds is 3. The first kappa shape index (κ1) is 14.6.